The fourth-order valence-corrected chi connectivity index (χ4v) is 4.13. The van der Waals surface area contributed by atoms with E-state index in [0.29, 0.717) is 0 Å². The van der Waals surface area contributed by atoms with E-state index >= 15 is 0 Å². The van der Waals surface area contributed by atoms with Crippen LogP contribution in [0.2, 0.25) is 0 Å². The lowest BCUT2D eigenvalue weighted by Gasteiger charge is -2.18. The lowest BCUT2D eigenvalue weighted by Crippen LogP contribution is -1.98. The standard InChI is InChI=1S/C30H23N/c1-4-12-23(13-5-1)26-20-27(21-28-18-10-11-19-31-28)30(25-16-8-3-9-17-25)29(22-26)24-14-6-2-7-15-24/h1-20,22H,21H2. The number of aromatic nitrogens is 1. The molecule has 148 valence electrons. The maximum absolute atomic E-state index is 4.61. The molecule has 0 aliphatic rings. The predicted octanol–water partition coefficient (Wildman–Crippen LogP) is 7.67. The van der Waals surface area contributed by atoms with Gasteiger partial charge in [0, 0.05) is 18.3 Å². The first-order valence-electron chi connectivity index (χ1n) is 10.6. The van der Waals surface area contributed by atoms with Crippen LogP contribution in [0.4, 0.5) is 0 Å². The van der Waals surface area contributed by atoms with Crippen LogP contribution in [0.25, 0.3) is 33.4 Å². The molecule has 0 unspecified atom stereocenters. The topological polar surface area (TPSA) is 12.9 Å². The van der Waals surface area contributed by atoms with Gasteiger partial charge in [-0.1, -0.05) is 103 Å². The third-order valence-electron chi connectivity index (χ3n) is 5.57. The van der Waals surface area contributed by atoms with E-state index in [4.69, 9.17) is 0 Å². The maximum atomic E-state index is 4.61. The van der Waals surface area contributed by atoms with Crippen LogP contribution in [0.1, 0.15) is 11.3 Å². The molecular weight excluding hydrogens is 374 g/mol. The van der Waals surface area contributed by atoms with Gasteiger partial charge < -0.3 is 0 Å². The van der Waals surface area contributed by atoms with Crippen molar-refractivity contribution in [3.63, 3.8) is 0 Å². The van der Waals surface area contributed by atoms with E-state index < -0.39 is 0 Å². The van der Waals surface area contributed by atoms with Gasteiger partial charge in [0.1, 0.15) is 0 Å². The number of hydrogen-bond acceptors (Lipinski definition) is 1. The molecule has 0 aliphatic heterocycles. The minimum atomic E-state index is 0.783. The number of hydrogen-bond donors (Lipinski definition) is 0. The average molecular weight is 398 g/mol. The van der Waals surface area contributed by atoms with E-state index in [-0.39, 0.29) is 0 Å². The summed E-state index contributed by atoms with van der Waals surface area (Å²) >= 11 is 0. The molecule has 5 aromatic rings. The van der Waals surface area contributed by atoms with Crippen molar-refractivity contribution in [2.24, 2.45) is 0 Å². The van der Waals surface area contributed by atoms with Crippen molar-refractivity contribution in [1.82, 2.24) is 4.98 Å². The van der Waals surface area contributed by atoms with Crippen LogP contribution >= 0.6 is 0 Å². The van der Waals surface area contributed by atoms with E-state index in [2.05, 4.69) is 120 Å². The van der Waals surface area contributed by atoms with Crippen LogP contribution < -0.4 is 0 Å². The Bertz CT molecular complexity index is 1260. The molecule has 0 aliphatic carbocycles. The van der Waals surface area contributed by atoms with E-state index in [0.717, 1.165) is 12.1 Å². The molecule has 1 nitrogen and oxygen atoms in total. The van der Waals surface area contributed by atoms with Gasteiger partial charge in [-0.05, 0) is 57.1 Å². The van der Waals surface area contributed by atoms with Crippen LogP contribution in [-0.4, -0.2) is 4.98 Å². The van der Waals surface area contributed by atoms with Crippen molar-refractivity contribution in [3.05, 3.63) is 139 Å². The zero-order valence-electron chi connectivity index (χ0n) is 17.3. The molecular formula is C30H23N. The van der Waals surface area contributed by atoms with E-state index in [9.17, 15) is 0 Å². The van der Waals surface area contributed by atoms with Gasteiger partial charge in [-0.25, -0.2) is 0 Å². The van der Waals surface area contributed by atoms with Gasteiger partial charge in [0.2, 0.25) is 0 Å². The smallest absolute Gasteiger partial charge is 0.0447 e. The molecule has 0 N–H and O–H groups in total. The first-order chi connectivity index (χ1) is 15.4. The Morgan fingerprint density at radius 1 is 0.484 bits per heavy atom. The van der Waals surface area contributed by atoms with Gasteiger partial charge in [-0.3, -0.25) is 4.98 Å². The fraction of sp³-hybridized carbons (Fsp3) is 0.0333. The zero-order valence-corrected chi connectivity index (χ0v) is 17.3. The fourth-order valence-electron chi connectivity index (χ4n) is 4.13. The van der Waals surface area contributed by atoms with Gasteiger partial charge in [0.05, 0.1) is 0 Å². The first kappa shape index (κ1) is 19.0. The molecule has 0 amide bonds. The van der Waals surface area contributed by atoms with Gasteiger partial charge in [0.15, 0.2) is 0 Å². The minimum absolute atomic E-state index is 0.783. The molecule has 5 rings (SSSR count). The highest BCUT2D eigenvalue weighted by Crippen LogP contribution is 2.39. The molecule has 1 aromatic heterocycles. The van der Waals surface area contributed by atoms with Crippen LogP contribution in [-0.2, 0) is 6.42 Å². The zero-order chi connectivity index (χ0) is 20.9. The Morgan fingerprint density at radius 2 is 1.06 bits per heavy atom. The van der Waals surface area contributed by atoms with Gasteiger partial charge in [-0.15, -0.1) is 0 Å². The van der Waals surface area contributed by atoms with Crippen molar-refractivity contribution < 1.29 is 0 Å². The number of nitrogens with zero attached hydrogens (tertiary/aromatic N) is 1. The lowest BCUT2D eigenvalue weighted by molar-refractivity contribution is 1.08. The Balaban J connectivity index is 1.79. The first-order valence-corrected chi connectivity index (χ1v) is 10.6. The summed E-state index contributed by atoms with van der Waals surface area (Å²) in [6.45, 7) is 0. The molecule has 0 atom stereocenters. The summed E-state index contributed by atoms with van der Waals surface area (Å²) in [6.07, 6.45) is 2.66. The molecule has 1 heterocycles. The second kappa shape index (κ2) is 8.81. The van der Waals surface area contributed by atoms with Gasteiger partial charge in [0.25, 0.3) is 0 Å². The van der Waals surface area contributed by atoms with Gasteiger partial charge in [-0.2, -0.15) is 0 Å². The Hall–Kier alpha value is -3.97. The van der Waals surface area contributed by atoms with Crippen molar-refractivity contribution in [1.29, 1.82) is 0 Å². The Kier molecular flexibility index (Phi) is 5.40. The normalized spacial score (nSPS) is 10.7. The summed E-state index contributed by atoms with van der Waals surface area (Å²) in [7, 11) is 0. The average Bonchev–Trinajstić information content (AvgIpc) is 2.86. The van der Waals surface area contributed by atoms with Crippen LogP contribution in [0, 0.1) is 0 Å². The van der Waals surface area contributed by atoms with E-state index in [1.807, 2.05) is 12.3 Å². The monoisotopic (exact) mass is 397 g/mol. The van der Waals surface area contributed by atoms with Crippen molar-refractivity contribution in [3.8, 4) is 33.4 Å². The highest BCUT2D eigenvalue weighted by atomic mass is 14.7. The Labute approximate surface area is 183 Å². The maximum Gasteiger partial charge on any atom is 0.0447 e. The second-order valence-electron chi connectivity index (χ2n) is 7.65. The molecule has 0 spiro atoms. The third kappa shape index (κ3) is 4.17. The van der Waals surface area contributed by atoms with Crippen molar-refractivity contribution >= 4 is 0 Å². The molecule has 0 saturated heterocycles. The molecule has 0 radical (unpaired) electrons. The summed E-state index contributed by atoms with van der Waals surface area (Å²) in [5.41, 5.74) is 9.78. The summed E-state index contributed by atoms with van der Waals surface area (Å²) in [4.78, 5) is 4.61. The van der Waals surface area contributed by atoms with Gasteiger partial charge >= 0.3 is 0 Å². The van der Waals surface area contributed by atoms with E-state index in [1.165, 1.54) is 38.9 Å². The lowest BCUT2D eigenvalue weighted by atomic mass is 9.85. The Morgan fingerprint density at radius 3 is 1.68 bits per heavy atom. The SMILES string of the molecule is c1ccc(-c2cc(Cc3ccccn3)c(-c3ccccc3)c(-c3ccccc3)c2)cc1. The minimum Gasteiger partial charge on any atom is -0.261 e. The molecule has 31 heavy (non-hydrogen) atoms. The number of benzene rings is 4. The van der Waals surface area contributed by atoms with Crippen LogP contribution in [0.15, 0.2) is 128 Å². The predicted molar refractivity (Wildman–Crippen MR) is 130 cm³/mol. The van der Waals surface area contributed by atoms with Crippen molar-refractivity contribution in [2.45, 2.75) is 6.42 Å². The summed E-state index contributed by atoms with van der Waals surface area (Å²) < 4.78 is 0. The molecule has 4 aromatic carbocycles. The second-order valence-corrected chi connectivity index (χ2v) is 7.65. The summed E-state index contributed by atoms with van der Waals surface area (Å²) in [6, 6.07) is 42.8. The molecule has 0 fully saturated rings. The molecule has 0 bridgehead atoms. The van der Waals surface area contributed by atoms with Crippen LogP contribution in [0.3, 0.4) is 0 Å². The largest absolute Gasteiger partial charge is 0.261 e. The molecule has 1 heteroatoms. The third-order valence-corrected chi connectivity index (χ3v) is 5.57. The number of rotatable bonds is 5. The quantitative estimate of drug-likeness (QED) is 0.296. The highest BCUT2D eigenvalue weighted by Gasteiger charge is 2.16. The highest BCUT2D eigenvalue weighted by molar-refractivity contribution is 5.89. The summed E-state index contributed by atoms with van der Waals surface area (Å²) in [5.74, 6) is 0. The number of pyridine rings is 1. The van der Waals surface area contributed by atoms with Crippen LogP contribution in [0.5, 0.6) is 0 Å². The molecule has 0 saturated carbocycles. The van der Waals surface area contributed by atoms with Crippen molar-refractivity contribution in [2.75, 3.05) is 0 Å². The summed E-state index contributed by atoms with van der Waals surface area (Å²) in [5, 5.41) is 0. The van der Waals surface area contributed by atoms with E-state index in [1.54, 1.807) is 0 Å².